The number of hydrogen-bond donors (Lipinski definition) is 1. The third kappa shape index (κ3) is 2.14. The number of halogens is 2. The SMILES string of the molecule is CC(=O)c1cc(CCl)cc(Cl)c1O. The predicted molar refractivity (Wildman–Crippen MR) is 52.7 cm³/mol. The number of phenolic OH excluding ortho intramolecular Hbond substituents is 1. The van der Waals surface area contributed by atoms with Crippen LogP contribution >= 0.6 is 23.2 Å². The van der Waals surface area contributed by atoms with Gasteiger partial charge in [0.1, 0.15) is 5.75 Å². The van der Waals surface area contributed by atoms with Crippen molar-refractivity contribution in [2.75, 3.05) is 0 Å². The van der Waals surface area contributed by atoms with Gasteiger partial charge in [0, 0.05) is 5.88 Å². The molecule has 0 saturated heterocycles. The summed E-state index contributed by atoms with van der Waals surface area (Å²) in [5.74, 6) is -0.144. The Labute approximate surface area is 86.1 Å². The summed E-state index contributed by atoms with van der Waals surface area (Å²) in [6.45, 7) is 1.36. The lowest BCUT2D eigenvalue weighted by atomic mass is 10.1. The zero-order chi connectivity index (χ0) is 10.0. The van der Waals surface area contributed by atoms with E-state index in [1.165, 1.54) is 19.1 Å². The van der Waals surface area contributed by atoms with Gasteiger partial charge in [-0.15, -0.1) is 11.6 Å². The van der Waals surface area contributed by atoms with Crippen molar-refractivity contribution in [3.63, 3.8) is 0 Å². The Balaban J connectivity index is 3.33. The van der Waals surface area contributed by atoms with E-state index in [9.17, 15) is 9.90 Å². The maximum Gasteiger partial charge on any atom is 0.163 e. The first kappa shape index (κ1) is 10.4. The van der Waals surface area contributed by atoms with Gasteiger partial charge in [-0.05, 0) is 24.6 Å². The maximum atomic E-state index is 11.0. The lowest BCUT2D eigenvalue weighted by Gasteiger charge is -2.04. The standard InChI is InChI=1S/C9H8Cl2O2/c1-5(12)7-2-6(4-10)3-8(11)9(7)13/h2-3,13H,4H2,1H3. The lowest BCUT2D eigenvalue weighted by molar-refractivity contribution is 0.101. The number of rotatable bonds is 2. The molecule has 0 spiro atoms. The van der Waals surface area contributed by atoms with Crippen molar-refractivity contribution in [1.29, 1.82) is 0 Å². The van der Waals surface area contributed by atoms with Gasteiger partial charge >= 0.3 is 0 Å². The van der Waals surface area contributed by atoms with Crippen LogP contribution in [0, 0.1) is 0 Å². The van der Waals surface area contributed by atoms with E-state index in [0.717, 1.165) is 5.56 Å². The largest absolute Gasteiger partial charge is 0.506 e. The molecule has 1 rings (SSSR count). The van der Waals surface area contributed by atoms with Gasteiger partial charge in [0.25, 0.3) is 0 Å². The number of carbonyl (C=O) groups excluding carboxylic acids is 1. The normalized spacial score (nSPS) is 10.1. The van der Waals surface area contributed by atoms with Crippen LogP contribution in [0.15, 0.2) is 12.1 Å². The van der Waals surface area contributed by atoms with Crippen molar-refractivity contribution in [2.45, 2.75) is 12.8 Å². The Bertz CT molecular complexity index is 348. The van der Waals surface area contributed by atoms with Gasteiger partial charge in [-0.3, -0.25) is 4.79 Å². The van der Waals surface area contributed by atoms with Gasteiger partial charge in [-0.25, -0.2) is 0 Å². The molecule has 4 heteroatoms. The van der Waals surface area contributed by atoms with Crippen LogP contribution in [0.5, 0.6) is 5.75 Å². The van der Waals surface area contributed by atoms with Crippen LogP contribution in [0.3, 0.4) is 0 Å². The minimum Gasteiger partial charge on any atom is -0.506 e. The maximum absolute atomic E-state index is 11.0. The number of benzene rings is 1. The average molecular weight is 219 g/mol. The van der Waals surface area contributed by atoms with Crippen molar-refractivity contribution in [2.24, 2.45) is 0 Å². The zero-order valence-corrected chi connectivity index (χ0v) is 8.49. The van der Waals surface area contributed by atoms with Crippen molar-refractivity contribution < 1.29 is 9.90 Å². The first-order chi connectivity index (χ1) is 6.06. The van der Waals surface area contributed by atoms with Gasteiger partial charge in [0.2, 0.25) is 0 Å². The quantitative estimate of drug-likeness (QED) is 0.613. The van der Waals surface area contributed by atoms with Gasteiger partial charge in [0.05, 0.1) is 10.6 Å². The summed E-state index contributed by atoms with van der Waals surface area (Å²) in [4.78, 5) is 11.0. The predicted octanol–water partition coefficient (Wildman–Crippen LogP) is 2.99. The fourth-order valence-electron chi connectivity index (χ4n) is 1.00. The van der Waals surface area contributed by atoms with Crippen molar-refractivity contribution in [3.8, 4) is 5.75 Å². The van der Waals surface area contributed by atoms with Crippen LogP contribution in [0.25, 0.3) is 0 Å². The Morgan fingerprint density at radius 3 is 2.62 bits per heavy atom. The van der Waals surface area contributed by atoms with E-state index in [0.29, 0.717) is 0 Å². The van der Waals surface area contributed by atoms with Gasteiger partial charge in [-0.1, -0.05) is 11.6 Å². The molecule has 0 unspecified atom stereocenters. The summed E-state index contributed by atoms with van der Waals surface area (Å²) >= 11 is 11.3. The van der Waals surface area contributed by atoms with Crippen LogP contribution in [0.1, 0.15) is 22.8 Å². The molecule has 0 aliphatic heterocycles. The van der Waals surface area contributed by atoms with Crippen LogP contribution in [0.4, 0.5) is 0 Å². The van der Waals surface area contributed by atoms with E-state index in [1.54, 1.807) is 0 Å². The molecule has 0 bridgehead atoms. The molecule has 0 heterocycles. The molecule has 70 valence electrons. The highest BCUT2D eigenvalue weighted by molar-refractivity contribution is 6.32. The molecule has 2 nitrogen and oxygen atoms in total. The van der Waals surface area contributed by atoms with E-state index in [4.69, 9.17) is 23.2 Å². The molecule has 0 atom stereocenters. The number of hydrogen-bond acceptors (Lipinski definition) is 2. The third-order valence-electron chi connectivity index (χ3n) is 1.66. The molecule has 0 radical (unpaired) electrons. The number of alkyl halides is 1. The fraction of sp³-hybridized carbons (Fsp3) is 0.222. The van der Waals surface area contributed by atoms with E-state index in [1.807, 2.05) is 0 Å². The second-order valence-electron chi connectivity index (χ2n) is 2.66. The highest BCUT2D eigenvalue weighted by Crippen LogP contribution is 2.29. The van der Waals surface area contributed by atoms with Crippen molar-refractivity contribution >= 4 is 29.0 Å². The molecule has 0 aliphatic carbocycles. The number of ketones is 1. The molecule has 0 saturated carbocycles. The van der Waals surface area contributed by atoms with Crippen LogP contribution < -0.4 is 0 Å². The van der Waals surface area contributed by atoms with E-state index in [-0.39, 0.29) is 28.0 Å². The minimum atomic E-state index is -0.230. The fourth-order valence-corrected chi connectivity index (χ4v) is 1.40. The zero-order valence-electron chi connectivity index (χ0n) is 6.97. The Morgan fingerprint density at radius 1 is 1.54 bits per heavy atom. The van der Waals surface area contributed by atoms with Crippen molar-refractivity contribution in [3.05, 3.63) is 28.3 Å². The first-order valence-corrected chi connectivity index (χ1v) is 4.55. The first-order valence-electron chi connectivity index (χ1n) is 3.64. The Kier molecular flexibility index (Phi) is 3.17. The summed E-state index contributed by atoms with van der Waals surface area (Å²) in [6, 6.07) is 3.08. The van der Waals surface area contributed by atoms with Crippen LogP contribution in [-0.2, 0) is 5.88 Å². The van der Waals surface area contributed by atoms with Gasteiger partial charge in [0.15, 0.2) is 5.78 Å². The van der Waals surface area contributed by atoms with E-state index in [2.05, 4.69) is 0 Å². The smallest absolute Gasteiger partial charge is 0.163 e. The van der Waals surface area contributed by atoms with Crippen LogP contribution in [0.2, 0.25) is 5.02 Å². The highest BCUT2D eigenvalue weighted by Gasteiger charge is 2.11. The summed E-state index contributed by atoms with van der Waals surface area (Å²) in [6.07, 6.45) is 0. The Morgan fingerprint density at radius 2 is 2.15 bits per heavy atom. The van der Waals surface area contributed by atoms with E-state index >= 15 is 0 Å². The van der Waals surface area contributed by atoms with Crippen molar-refractivity contribution in [1.82, 2.24) is 0 Å². The third-order valence-corrected chi connectivity index (χ3v) is 2.25. The molecule has 0 amide bonds. The van der Waals surface area contributed by atoms with E-state index < -0.39 is 0 Å². The second kappa shape index (κ2) is 3.99. The average Bonchev–Trinajstić information content (AvgIpc) is 2.09. The molecule has 13 heavy (non-hydrogen) atoms. The number of phenols is 1. The monoisotopic (exact) mass is 218 g/mol. The molecule has 1 N–H and O–H groups in total. The molecule has 1 aromatic rings. The topological polar surface area (TPSA) is 37.3 Å². The summed E-state index contributed by atoms with van der Waals surface area (Å²) in [7, 11) is 0. The second-order valence-corrected chi connectivity index (χ2v) is 3.34. The number of aromatic hydroxyl groups is 1. The van der Waals surface area contributed by atoms with Crippen LogP contribution in [-0.4, -0.2) is 10.9 Å². The molecular formula is C9H8Cl2O2. The molecule has 0 aliphatic rings. The minimum absolute atomic E-state index is 0.156. The summed E-state index contributed by atoms with van der Waals surface area (Å²) in [5, 5.41) is 9.55. The molecule has 1 aromatic carbocycles. The molecular weight excluding hydrogens is 211 g/mol. The summed E-state index contributed by atoms with van der Waals surface area (Å²) < 4.78 is 0. The molecule has 0 aromatic heterocycles. The van der Waals surface area contributed by atoms with Gasteiger partial charge < -0.3 is 5.11 Å². The lowest BCUT2D eigenvalue weighted by Crippen LogP contribution is -1.94. The number of carbonyl (C=O) groups is 1. The van der Waals surface area contributed by atoms with Gasteiger partial charge in [-0.2, -0.15) is 0 Å². The Hall–Kier alpha value is -0.730. The highest BCUT2D eigenvalue weighted by atomic mass is 35.5. The number of Topliss-reactive ketones (excluding diaryl/α,β-unsaturated/α-hetero) is 1. The molecule has 0 fully saturated rings. The summed E-state index contributed by atoms with van der Waals surface area (Å²) in [5.41, 5.74) is 0.929.